The van der Waals surface area contributed by atoms with Crippen LogP contribution in [0.3, 0.4) is 0 Å². The molecule has 1 aromatic rings. The van der Waals surface area contributed by atoms with Crippen molar-refractivity contribution in [3.63, 3.8) is 0 Å². The smallest absolute Gasteiger partial charge is 0.207 e. The average molecular weight is 178 g/mol. The number of ketones is 1. The van der Waals surface area contributed by atoms with Gasteiger partial charge in [-0.1, -0.05) is 12.1 Å². The zero-order valence-electron chi connectivity index (χ0n) is 7.06. The zero-order valence-corrected chi connectivity index (χ0v) is 7.06. The lowest BCUT2D eigenvalue weighted by Crippen LogP contribution is -2.21. The fourth-order valence-corrected chi connectivity index (χ4v) is 1.46. The number of benzene rings is 1. The number of aliphatic hydroxyl groups is 1. The molecule has 1 atom stereocenters. The summed E-state index contributed by atoms with van der Waals surface area (Å²) >= 11 is 0. The second-order valence-corrected chi connectivity index (χ2v) is 2.98. The van der Waals surface area contributed by atoms with E-state index in [-0.39, 0.29) is 12.4 Å². The first-order chi connectivity index (χ1) is 6.33. The lowest BCUT2D eigenvalue weighted by molar-refractivity contribution is 0.0813. The van der Waals surface area contributed by atoms with Gasteiger partial charge >= 0.3 is 0 Å². The molecule has 0 aromatic heterocycles. The Morgan fingerprint density at radius 1 is 1.38 bits per heavy atom. The van der Waals surface area contributed by atoms with Gasteiger partial charge in [0.25, 0.3) is 0 Å². The molecule has 3 nitrogen and oxygen atoms in total. The van der Waals surface area contributed by atoms with Crippen LogP contribution in [0.2, 0.25) is 0 Å². The Bertz CT molecular complexity index is 333. The molecule has 0 aliphatic carbocycles. The number of hydrogen-bond donors (Lipinski definition) is 1. The van der Waals surface area contributed by atoms with Crippen LogP contribution in [0.25, 0.3) is 0 Å². The first-order valence-electron chi connectivity index (χ1n) is 4.23. The van der Waals surface area contributed by atoms with Gasteiger partial charge in [0, 0.05) is 13.0 Å². The number of ether oxygens (including phenoxy) is 1. The summed E-state index contributed by atoms with van der Waals surface area (Å²) in [6.07, 6.45) is -0.115. The molecule has 13 heavy (non-hydrogen) atoms. The number of hydrogen-bond acceptors (Lipinski definition) is 3. The first-order valence-corrected chi connectivity index (χ1v) is 4.23. The van der Waals surface area contributed by atoms with E-state index in [1.54, 1.807) is 18.2 Å². The third kappa shape index (κ3) is 1.31. The fourth-order valence-electron chi connectivity index (χ4n) is 1.46. The van der Waals surface area contributed by atoms with Gasteiger partial charge in [0.05, 0.1) is 5.56 Å². The summed E-state index contributed by atoms with van der Waals surface area (Å²) in [6.45, 7) is -0.0234. The number of fused-ring (bicyclic) bond motifs is 1. The number of aliphatic hydroxyl groups excluding tert-OH is 1. The summed E-state index contributed by atoms with van der Waals surface area (Å²) in [6, 6.07) is 7.15. The fraction of sp³-hybridized carbons (Fsp3) is 0.300. The highest BCUT2D eigenvalue weighted by molar-refractivity contribution is 6.04. The number of para-hydroxylation sites is 1. The Labute approximate surface area is 76.0 Å². The molecule has 0 fully saturated rings. The van der Waals surface area contributed by atoms with E-state index in [2.05, 4.69) is 0 Å². The third-order valence-corrected chi connectivity index (χ3v) is 2.11. The van der Waals surface area contributed by atoms with E-state index in [9.17, 15) is 4.79 Å². The summed E-state index contributed by atoms with van der Waals surface area (Å²) < 4.78 is 5.35. The molecule has 0 saturated heterocycles. The van der Waals surface area contributed by atoms with Gasteiger partial charge in [-0.2, -0.15) is 0 Å². The molecule has 1 heterocycles. The van der Waals surface area contributed by atoms with Crippen molar-refractivity contribution < 1.29 is 14.6 Å². The van der Waals surface area contributed by atoms with Crippen molar-refractivity contribution in [2.24, 2.45) is 0 Å². The van der Waals surface area contributed by atoms with E-state index < -0.39 is 6.10 Å². The summed E-state index contributed by atoms with van der Waals surface area (Å²) in [5.74, 6) is 0.607. The first kappa shape index (κ1) is 8.26. The van der Waals surface area contributed by atoms with E-state index in [0.717, 1.165) is 0 Å². The van der Waals surface area contributed by atoms with Crippen molar-refractivity contribution in [2.75, 3.05) is 6.61 Å². The largest absolute Gasteiger partial charge is 0.481 e. The van der Waals surface area contributed by atoms with E-state index in [1.807, 2.05) is 6.07 Å². The van der Waals surface area contributed by atoms with Crippen LogP contribution >= 0.6 is 0 Å². The molecule has 2 rings (SSSR count). The lowest BCUT2D eigenvalue weighted by Gasteiger charge is -2.05. The van der Waals surface area contributed by atoms with Gasteiger partial charge < -0.3 is 9.84 Å². The van der Waals surface area contributed by atoms with Gasteiger partial charge in [-0.05, 0) is 12.1 Å². The Hall–Kier alpha value is -1.35. The Morgan fingerprint density at radius 3 is 2.85 bits per heavy atom. The molecule has 0 amide bonds. The van der Waals surface area contributed by atoms with Crippen molar-refractivity contribution in [1.29, 1.82) is 0 Å². The second-order valence-electron chi connectivity index (χ2n) is 2.98. The lowest BCUT2D eigenvalue weighted by atomic mass is 10.1. The minimum atomic E-state index is -0.484. The van der Waals surface area contributed by atoms with Crippen LogP contribution < -0.4 is 4.74 Å². The zero-order chi connectivity index (χ0) is 9.26. The van der Waals surface area contributed by atoms with Crippen LogP contribution in [-0.4, -0.2) is 23.6 Å². The van der Waals surface area contributed by atoms with Crippen LogP contribution in [0.5, 0.6) is 5.75 Å². The van der Waals surface area contributed by atoms with Crippen molar-refractivity contribution in [1.82, 2.24) is 0 Å². The highest BCUT2D eigenvalue weighted by Crippen LogP contribution is 2.29. The van der Waals surface area contributed by atoms with Crippen molar-refractivity contribution in [2.45, 2.75) is 12.5 Å². The van der Waals surface area contributed by atoms with E-state index in [1.165, 1.54) is 0 Å². The van der Waals surface area contributed by atoms with Gasteiger partial charge in [-0.3, -0.25) is 4.79 Å². The number of rotatable bonds is 2. The van der Waals surface area contributed by atoms with Crippen molar-refractivity contribution >= 4 is 5.78 Å². The maximum atomic E-state index is 11.6. The maximum Gasteiger partial charge on any atom is 0.207 e. The molecule has 0 radical (unpaired) electrons. The van der Waals surface area contributed by atoms with Gasteiger partial charge in [-0.15, -0.1) is 0 Å². The van der Waals surface area contributed by atoms with Crippen molar-refractivity contribution in [3.8, 4) is 5.75 Å². The highest BCUT2D eigenvalue weighted by atomic mass is 16.5. The molecular formula is C10H10O3. The minimum Gasteiger partial charge on any atom is -0.481 e. The monoisotopic (exact) mass is 178 g/mol. The number of Topliss-reactive ketones (excluding diaryl/α,β-unsaturated/α-hetero) is 1. The number of carbonyl (C=O) groups excluding carboxylic acids is 1. The van der Waals surface area contributed by atoms with Gasteiger partial charge in [-0.25, -0.2) is 0 Å². The molecule has 0 saturated carbocycles. The molecular weight excluding hydrogens is 168 g/mol. The molecule has 1 aliphatic rings. The predicted octanol–water partition coefficient (Wildman–Crippen LogP) is 1.01. The molecule has 1 N–H and O–H groups in total. The van der Waals surface area contributed by atoms with Crippen LogP contribution in [0.15, 0.2) is 24.3 Å². The molecule has 3 heteroatoms. The summed E-state index contributed by atoms with van der Waals surface area (Å²) in [5, 5.41) is 8.69. The van der Waals surface area contributed by atoms with E-state index in [0.29, 0.717) is 17.7 Å². The standard InChI is InChI=1S/C10H10O3/c11-6-5-9-10(12)7-3-1-2-4-8(7)13-9/h1-4,9,11H,5-6H2. The summed E-state index contributed by atoms with van der Waals surface area (Å²) in [5.41, 5.74) is 0.626. The van der Waals surface area contributed by atoms with Crippen LogP contribution in [0, 0.1) is 0 Å². The highest BCUT2D eigenvalue weighted by Gasteiger charge is 2.30. The van der Waals surface area contributed by atoms with Crippen LogP contribution in [0.1, 0.15) is 16.8 Å². The van der Waals surface area contributed by atoms with E-state index in [4.69, 9.17) is 9.84 Å². The average Bonchev–Trinajstić information content (AvgIpc) is 2.46. The normalized spacial score (nSPS) is 19.8. The Morgan fingerprint density at radius 2 is 2.15 bits per heavy atom. The topological polar surface area (TPSA) is 46.5 Å². The summed E-state index contributed by atoms with van der Waals surface area (Å²) in [4.78, 5) is 11.6. The summed E-state index contributed by atoms with van der Waals surface area (Å²) in [7, 11) is 0. The molecule has 68 valence electrons. The Kier molecular flexibility index (Phi) is 2.02. The molecule has 1 aromatic carbocycles. The predicted molar refractivity (Wildman–Crippen MR) is 46.9 cm³/mol. The Balaban J connectivity index is 2.28. The molecule has 0 bridgehead atoms. The third-order valence-electron chi connectivity index (χ3n) is 2.11. The van der Waals surface area contributed by atoms with Crippen LogP contribution in [0.4, 0.5) is 0 Å². The SMILES string of the molecule is O=C1c2ccccc2OC1CCO. The number of carbonyl (C=O) groups is 1. The van der Waals surface area contributed by atoms with Crippen molar-refractivity contribution in [3.05, 3.63) is 29.8 Å². The van der Waals surface area contributed by atoms with Gasteiger partial charge in [0.15, 0.2) is 6.10 Å². The minimum absolute atomic E-state index is 0.0234. The maximum absolute atomic E-state index is 11.6. The van der Waals surface area contributed by atoms with Gasteiger partial charge in [0.1, 0.15) is 5.75 Å². The second kappa shape index (κ2) is 3.18. The molecule has 1 aliphatic heterocycles. The quantitative estimate of drug-likeness (QED) is 0.735. The van der Waals surface area contributed by atoms with E-state index >= 15 is 0 Å². The molecule has 1 unspecified atom stereocenters. The van der Waals surface area contributed by atoms with Gasteiger partial charge in [0.2, 0.25) is 5.78 Å². The molecule has 0 spiro atoms. The van der Waals surface area contributed by atoms with Crippen LogP contribution in [-0.2, 0) is 0 Å².